The number of carbonyl (C=O) groups is 1. The Kier molecular flexibility index (Phi) is 6.46. The Morgan fingerprint density at radius 3 is 2.86 bits per heavy atom. The van der Waals surface area contributed by atoms with Crippen molar-refractivity contribution in [2.75, 3.05) is 24.5 Å². The molecule has 3 rings (SSSR count). The van der Waals surface area contributed by atoms with Crippen molar-refractivity contribution in [3.8, 4) is 0 Å². The standard InChI is InChI=1S/C16H24N4O.ClH/c21-16(14-5-4-7-17-14)19-12-13-6-8-18-15(11-13)20-9-2-1-3-10-20;/h6,8,11,14,17H,1-5,7,9-10,12H2,(H,19,21);1H. The Balaban J connectivity index is 0.00000176. The first-order valence-corrected chi connectivity index (χ1v) is 8.04. The first-order valence-electron chi connectivity index (χ1n) is 8.04. The molecule has 22 heavy (non-hydrogen) atoms. The fourth-order valence-electron chi connectivity index (χ4n) is 3.09. The molecule has 1 amide bonds. The molecular weight excluding hydrogens is 300 g/mol. The van der Waals surface area contributed by atoms with E-state index in [1.807, 2.05) is 12.3 Å². The van der Waals surface area contributed by atoms with Gasteiger partial charge in [-0.2, -0.15) is 0 Å². The highest BCUT2D eigenvalue weighted by Crippen LogP contribution is 2.18. The number of rotatable bonds is 4. The minimum Gasteiger partial charge on any atom is -0.357 e. The Bertz CT molecular complexity index is 485. The van der Waals surface area contributed by atoms with E-state index in [0.717, 1.165) is 43.9 Å². The molecule has 2 N–H and O–H groups in total. The Hall–Kier alpha value is -1.33. The largest absolute Gasteiger partial charge is 0.357 e. The molecule has 2 aliphatic rings. The van der Waals surface area contributed by atoms with Crippen LogP contribution in [0.25, 0.3) is 0 Å². The molecule has 0 aromatic carbocycles. The molecule has 0 bridgehead atoms. The highest BCUT2D eigenvalue weighted by atomic mass is 35.5. The summed E-state index contributed by atoms with van der Waals surface area (Å²) in [6.45, 7) is 3.72. The zero-order chi connectivity index (χ0) is 14.5. The summed E-state index contributed by atoms with van der Waals surface area (Å²) in [4.78, 5) is 18.8. The molecule has 1 aromatic heterocycles. The summed E-state index contributed by atoms with van der Waals surface area (Å²) >= 11 is 0. The molecule has 2 fully saturated rings. The van der Waals surface area contributed by atoms with Crippen molar-refractivity contribution in [3.05, 3.63) is 23.9 Å². The molecule has 1 atom stereocenters. The Labute approximate surface area is 138 Å². The lowest BCUT2D eigenvalue weighted by atomic mass is 10.1. The average Bonchev–Trinajstić information content (AvgIpc) is 3.08. The van der Waals surface area contributed by atoms with E-state index >= 15 is 0 Å². The van der Waals surface area contributed by atoms with E-state index in [1.54, 1.807) is 0 Å². The van der Waals surface area contributed by atoms with Gasteiger partial charge in [-0.25, -0.2) is 4.98 Å². The molecular formula is C16H25ClN4O. The first kappa shape index (κ1) is 17.0. The van der Waals surface area contributed by atoms with Crippen LogP contribution in [-0.2, 0) is 11.3 Å². The molecule has 0 spiro atoms. The second-order valence-electron chi connectivity index (χ2n) is 5.94. The maximum atomic E-state index is 12.0. The number of hydrogen-bond acceptors (Lipinski definition) is 4. The summed E-state index contributed by atoms with van der Waals surface area (Å²) in [5, 5.41) is 6.25. The lowest BCUT2D eigenvalue weighted by Crippen LogP contribution is -2.40. The predicted octanol–water partition coefficient (Wildman–Crippen LogP) is 1.86. The number of piperidine rings is 1. The van der Waals surface area contributed by atoms with Crippen LogP contribution in [0.15, 0.2) is 18.3 Å². The normalized spacial score (nSPS) is 21.3. The predicted molar refractivity (Wildman–Crippen MR) is 90.4 cm³/mol. The van der Waals surface area contributed by atoms with Crippen LogP contribution in [-0.4, -0.2) is 36.6 Å². The van der Waals surface area contributed by atoms with Crippen LogP contribution in [0.4, 0.5) is 5.82 Å². The highest BCUT2D eigenvalue weighted by Gasteiger charge is 2.21. The summed E-state index contributed by atoms with van der Waals surface area (Å²) in [5.41, 5.74) is 1.12. The number of pyridine rings is 1. The van der Waals surface area contributed by atoms with E-state index in [2.05, 4.69) is 26.6 Å². The quantitative estimate of drug-likeness (QED) is 0.887. The van der Waals surface area contributed by atoms with E-state index in [4.69, 9.17) is 0 Å². The van der Waals surface area contributed by atoms with E-state index in [1.165, 1.54) is 19.3 Å². The molecule has 0 saturated carbocycles. The number of anilines is 1. The second kappa shape index (κ2) is 8.34. The SMILES string of the molecule is Cl.O=C(NCc1ccnc(N2CCCCC2)c1)C1CCCN1. The van der Waals surface area contributed by atoms with Crippen molar-refractivity contribution in [2.24, 2.45) is 0 Å². The zero-order valence-corrected chi connectivity index (χ0v) is 13.7. The molecule has 2 saturated heterocycles. The van der Waals surface area contributed by atoms with Gasteiger partial charge in [-0.1, -0.05) is 0 Å². The van der Waals surface area contributed by atoms with Gasteiger partial charge in [0.2, 0.25) is 5.91 Å². The summed E-state index contributed by atoms with van der Waals surface area (Å²) in [5.74, 6) is 1.16. The minimum atomic E-state index is -0.00611. The van der Waals surface area contributed by atoms with Crippen LogP contribution in [0.5, 0.6) is 0 Å². The number of hydrogen-bond donors (Lipinski definition) is 2. The third kappa shape index (κ3) is 4.34. The number of nitrogens with one attached hydrogen (secondary N) is 2. The van der Waals surface area contributed by atoms with Gasteiger partial charge >= 0.3 is 0 Å². The number of amides is 1. The fourth-order valence-corrected chi connectivity index (χ4v) is 3.09. The highest BCUT2D eigenvalue weighted by molar-refractivity contribution is 5.85. The van der Waals surface area contributed by atoms with Crippen molar-refractivity contribution in [1.82, 2.24) is 15.6 Å². The van der Waals surface area contributed by atoms with E-state index < -0.39 is 0 Å². The van der Waals surface area contributed by atoms with Gasteiger partial charge in [-0.15, -0.1) is 12.4 Å². The zero-order valence-electron chi connectivity index (χ0n) is 12.9. The van der Waals surface area contributed by atoms with Gasteiger partial charge in [0.05, 0.1) is 6.04 Å². The van der Waals surface area contributed by atoms with Crippen LogP contribution < -0.4 is 15.5 Å². The molecule has 2 aliphatic heterocycles. The van der Waals surface area contributed by atoms with Gasteiger partial charge in [0, 0.05) is 25.8 Å². The molecule has 3 heterocycles. The van der Waals surface area contributed by atoms with Crippen molar-refractivity contribution in [1.29, 1.82) is 0 Å². The first-order chi connectivity index (χ1) is 10.3. The van der Waals surface area contributed by atoms with Crippen molar-refractivity contribution in [3.63, 3.8) is 0 Å². The smallest absolute Gasteiger partial charge is 0.237 e. The fraction of sp³-hybridized carbons (Fsp3) is 0.625. The maximum absolute atomic E-state index is 12.0. The number of halogens is 1. The Morgan fingerprint density at radius 2 is 2.14 bits per heavy atom. The van der Waals surface area contributed by atoms with E-state index in [-0.39, 0.29) is 24.4 Å². The molecule has 122 valence electrons. The van der Waals surface area contributed by atoms with Crippen molar-refractivity contribution < 1.29 is 4.79 Å². The summed E-state index contributed by atoms with van der Waals surface area (Å²) < 4.78 is 0. The Morgan fingerprint density at radius 1 is 1.32 bits per heavy atom. The van der Waals surface area contributed by atoms with Gasteiger partial charge in [0.25, 0.3) is 0 Å². The van der Waals surface area contributed by atoms with Crippen molar-refractivity contribution >= 4 is 24.1 Å². The summed E-state index contributed by atoms with van der Waals surface area (Å²) in [6, 6.07) is 4.08. The number of aromatic nitrogens is 1. The number of nitrogens with zero attached hydrogens (tertiary/aromatic N) is 2. The van der Waals surface area contributed by atoms with E-state index in [9.17, 15) is 4.79 Å². The second-order valence-corrected chi connectivity index (χ2v) is 5.94. The molecule has 0 radical (unpaired) electrons. The lowest BCUT2D eigenvalue weighted by molar-refractivity contribution is -0.122. The van der Waals surface area contributed by atoms with Gasteiger partial charge in [0.1, 0.15) is 5.82 Å². The third-order valence-corrected chi connectivity index (χ3v) is 4.33. The van der Waals surface area contributed by atoms with Gasteiger partial charge in [0.15, 0.2) is 0 Å². The minimum absolute atomic E-state index is 0. The molecule has 6 heteroatoms. The van der Waals surface area contributed by atoms with Gasteiger partial charge in [-0.3, -0.25) is 4.79 Å². The van der Waals surface area contributed by atoms with Crippen LogP contribution in [0.2, 0.25) is 0 Å². The third-order valence-electron chi connectivity index (χ3n) is 4.33. The van der Waals surface area contributed by atoms with Gasteiger partial charge in [-0.05, 0) is 56.3 Å². The van der Waals surface area contributed by atoms with E-state index in [0.29, 0.717) is 6.54 Å². The molecule has 0 aliphatic carbocycles. The number of carbonyl (C=O) groups excluding carboxylic acids is 1. The summed E-state index contributed by atoms with van der Waals surface area (Å²) in [7, 11) is 0. The van der Waals surface area contributed by atoms with Gasteiger partial charge < -0.3 is 15.5 Å². The van der Waals surface area contributed by atoms with Crippen LogP contribution in [0, 0.1) is 0 Å². The lowest BCUT2D eigenvalue weighted by Gasteiger charge is -2.28. The van der Waals surface area contributed by atoms with Crippen LogP contribution in [0.1, 0.15) is 37.7 Å². The molecule has 1 aromatic rings. The monoisotopic (exact) mass is 324 g/mol. The average molecular weight is 325 g/mol. The molecule has 1 unspecified atom stereocenters. The van der Waals surface area contributed by atoms with Crippen LogP contribution >= 0.6 is 12.4 Å². The molecule has 5 nitrogen and oxygen atoms in total. The van der Waals surface area contributed by atoms with Crippen molar-refractivity contribution in [2.45, 2.75) is 44.7 Å². The summed E-state index contributed by atoms with van der Waals surface area (Å²) in [6.07, 6.45) is 7.69. The maximum Gasteiger partial charge on any atom is 0.237 e. The topological polar surface area (TPSA) is 57.3 Å². The van der Waals surface area contributed by atoms with Crippen LogP contribution in [0.3, 0.4) is 0 Å².